The van der Waals surface area contributed by atoms with Gasteiger partial charge in [-0.2, -0.15) is 0 Å². The predicted octanol–water partition coefficient (Wildman–Crippen LogP) is 3.34. The number of carbonyl (C=O) groups is 2. The number of amides is 2. The van der Waals surface area contributed by atoms with E-state index in [0.29, 0.717) is 10.8 Å². The molecule has 7 heteroatoms. The summed E-state index contributed by atoms with van der Waals surface area (Å²) in [6.07, 6.45) is 2.96. The van der Waals surface area contributed by atoms with Crippen LogP contribution in [0.2, 0.25) is 5.02 Å². The summed E-state index contributed by atoms with van der Waals surface area (Å²) in [7, 11) is 0. The normalized spacial score (nSPS) is 10.4. The molecule has 5 nitrogen and oxygen atoms in total. The van der Waals surface area contributed by atoms with Gasteiger partial charge in [0.25, 0.3) is 11.8 Å². The van der Waals surface area contributed by atoms with E-state index in [-0.39, 0.29) is 6.61 Å². The molecule has 124 valence electrons. The van der Waals surface area contributed by atoms with Crippen LogP contribution in [0.1, 0.15) is 5.56 Å². The zero-order valence-corrected chi connectivity index (χ0v) is 14.8. The number of benzene rings is 2. The summed E-state index contributed by atoms with van der Waals surface area (Å²) < 4.78 is 6.09. The van der Waals surface area contributed by atoms with Crippen molar-refractivity contribution >= 4 is 45.4 Å². The van der Waals surface area contributed by atoms with Crippen LogP contribution in [0.5, 0.6) is 5.75 Å². The third kappa shape index (κ3) is 6.06. The lowest BCUT2D eigenvalue weighted by Gasteiger charge is -2.09. The van der Waals surface area contributed by atoms with Gasteiger partial charge in [0.2, 0.25) is 0 Å². The Bertz CT molecular complexity index is 751. The molecule has 0 aliphatic heterocycles. The van der Waals surface area contributed by atoms with Gasteiger partial charge in [0.15, 0.2) is 6.61 Å². The van der Waals surface area contributed by atoms with Gasteiger partial charge in [-0.25, -0.2) is 0 Å². The molecule has 0 unspecified atom stereocenters. The van der Waals surface area contributed by atoms with Gasteiger partial charge in [0, 0.05) is 10.5 Å². The number of halogens is 2. The van der Waals surface area contributed by atoms with Crippen LogP contribution in [0.3, 0.4) is 0 Å². The molecule has 0 saturated heterocycles. The minimum absolute atomic E-state index is 0.274. The summed E-state index contributed by atoms with van der Waals surface area (Å²) in [5.41, 5.74) is 5.40. The van der Waals surface area contributed by atoms with Crippen molar-refractivity contribution in [3.05, 3.63) is 69.7 Å². The monoisotopic (exact) mass is 408 g/mol. The van der Waals surface area contributed by atoms with Crippen molar-refractivity contribution in [2.45, 2.75) is 0 Å². The van der Waals surface area contributed by atoms with Crippen molar-refractivity contribution in [3.8, 4) is 5.75 Å². The fourth-order valence-corrected chi connectivity index (χ4v) is 2.41. The maximum Gasteiger partial charge on any atom is 0.276 e. The van der Waals surface area contributed by atoms with Gasteiger partial charge in [-0.1, -0.05) is 57.9 Å². The first-order valence-corrected chi connectivity index (χ1v) is 8.11. The molecule has 2 aromatic rings. The van der Waals surface area contributed by atoms with E-state index in [1.54, 1.807) is 24.3 Å². The zero-order chi connectivity index (χ0) is 17.4. The molecule has 24 heavy (non-hydrogen) atoms. The summed E-state index contributed by atoms with van der Waals surface area (Å²) in [5.74, 6) is -0.574. The van der Waals surface area contributed by atoms with Crippen LogP contribution in [0.4, 0.5) is 0 Å². The van der Waals surface area contributed by atoms with Crippen LogP contribution in [0.25, 0.3) is 6.08 Å². The van der Waals surface area contributed by atoms with Crippen LogP contribution >= 0.6 is 27.5 Å². The van der Waals surface area contributed by atoms with Gasteiger partial charge in [0.05, 0.1) is 5.02 Å². The molecule has 2 amide bonds. The Morgan fingerprint density at radius 1 is 1.12 bits per heavy atom. The van der Waals surface area contributed by atoms with Crippen LogP contribution < -0.4 is 15.6 Å². The van der Waals surface area contributed by atoms with Crippen molar-refractivity contribution in [2.75, 3.05) is 6.61 Å². The van der Waals surface area contributed by atoms with Crippen LogP contribution in [0, 0.1) is 0 Å². The largest absolute Gasteiger partial charge is 0.482 e. The van der Waals surface area contributed by atoms with E-state index in [9.17, 15) is 9.59 Å². The maximum atomic E-state index is 11.6. The Kier molecular flexibility index (Phi) is 6.84. The average molecular weight is 410 g/mol. The van der Waals surface area contributed by atoms with Gasteiger partial charge < -0.3 is 4.74 Å². The van der Waals surface area contributed by atoms with Crippen LogP contribution in [-0.4, -0.2) is 18.4 Å². The summed E-state index contributed by atoms with van der Waals surface area (Å²) in [4.78, 5) is 23.3. The highest BCUT2D eigenvalue weighted by molar-refractivity contribution is 9.10. The van der Waals surface area contributed by atoms with E-state index in [4.69, 9.17) is 16.3 Å². The fraction of sp³-hybridized carbons (Fsp3) is 0.0588. The minimum Gasteiger partial charge on any atom is -0.482 e. The third-order valence-corrected chi connectivity index (χ3v) is 3.59. The average Bonchev–Trinajstić information content (AvgIpc) is 2.58. The first kappa shape index (κ1) is 18.0. The second-order valence-corrected chi connectivity index (χ2v) is 5.97. The highest BCUT2D eigenvalue weighted by Crippen LogP contribution is 2.27. The first-order chi connectivity index (χ1) is 11.5. The van der Waals surface area contributed by atoms with Crippen LogP contribution in [0.15, 0.2) is 59.1 Å². The lowest BCUT2D eigenvalue weighted by atomic mass is 10.2. The number of hydrazine groups is 1. The number of carbonyl (C=O) groups excluding carboxylic acids is 2. The van der Waals surface area contributed by atoms with Crippen molar-refractivity contribution in [2.24, 2.45) is 0 Å². The molecule has 0 spiro atoms. The summed E-state index contributed by atoms with van der Waals surface area (Å²) in [5, 5.41) is 0.381. The Morgan fingerprint density at radius 3 is 2.58 bits per heavy atom. The number of rotatable bonds is 5. The molecule has 0 aromatic heterocycles. The van der Waals surface area contributed by atoms with Gasteiger partial charge in [-0.05, 0) is 29.8 Å². The van der Waals surface area contributed by atoms with E-state index in [2.05, 4.69) is 26.8 Å². The third-order valence-electron chi connectivity index (χ3n) is 2.80. The maximum absolute atomic E-state index is 11.6. The van der Waals surface area contributed by atoms with Gasteiger partial charge in [-0.15, -0.1) is 0 Å². The second kappa shape index (κ2) is 9.10. The molecular formula is C17H14BrClN2O3. The molecule has 0 aliphatic rings. The molecule has 2 aromatic carbocycles. The smallest absolute Gasteiger partial charge is 0.276 e. The minimum atomic E-state index is -0.504. The second-order valence-electron chi connectivity index (χ2n) is 4.64. The van der Waals surface area contributed by atoms with Crippen LogP contribution in [-0.2, 0) is 9.59 Å². The molecule has 2 N–H and O–H groups in total. The molecule has 0 bridgehead atoms. The Balaban J connectivity index is 1.74. The number of hydrogen-bond acceptors (Lipinski definition) is 3. The van der Waals surface area contributed by atoms with E-state index in [0.717, 1.165) is 10.0 Å². The first-order valence-electron chi connectivity index (χ1n) is 6.94. The Morgan fingerprint density at radius 2 is 1.88 bits per heavy atom. The standard InChI is InChI=1S/C17H14BrClN2O3/c18-13-7-8-15(14(19)10-13)24-11-17(23)21-20-16(22)9-6-12-4-2-1-3-5-12/h1-10H,11H2,(H,20,22)(H,21,23)/b9-6+. The van der Waals surface area contributed by atoms with E-state index < -0.39 is 11.8 Å². The Hall–Kier alpha value is -2.31. The molecule has 0 heterocycles. The van der Waals surface area contributed by atoms with E-state index >= 15 is 0 Å². The molecule has 0 atom stereocenters. The Labute approximate surface area is 152 Å². The number of ether oxygens (including phenoxy) is 1. The highest BCUT2D eigenvalue weighted by atomic mass is 79.9. The lowest BCUT2D eigenvalue weighted by molar-refractivity contribution is -0.128. The molecule has 0 radical (unpaired) electrons. The summed E-state index contributed by atoms with van der Waals surface area (Å²) in [6.45, 7) is -0.274. The number of nitrogens with one attached hydrogen (secondary N) is 2. The predicted molar refractivity (Wildman–Crippen MR) is 96.4 cm³/mol. The number of hydrogen-bond donors (Lipinski definition) is 2. The summed E-state index contributed by atoms with van der Waals surface area (Å²) in [6, 6.07) is 14.4. The molecule has 0 saturated carbocycles. The molecule has 0 aliphatic carbocycles. The van der Waals surface area contributed by atoms with Crippen molar-refractivity contribution in [1.29, 1.82) is 0 Å². The lowest BCUT2D eigenvalue weighted by Crippen LogP contribution is -2.43. The quantitative estimate of drug-likeness (QED) is 0.588. The van der Waals surface area contributed by atoms with Gasteiger partial charge in [0.1, 0.15) is 5.75 Å². The SMILES string of the molecule is O=C(/C=C/c1ccccc1)NNC(=O)COc1ccc(Br)cc1Cl. The molecule has 0 fully saturated rings. The summed E-state index contributed by atoms with van der Waals surface area (Å²) >= 11 is 9.25. The van der Waals surface area contributed by atoms with Gasteiger partial charge in [-0.3, -0.25) is 20.4 Å². The molecular weight excluding hydrogens is 396 g/mol. The van der Waals surface area contributed by atoms with E-state index in [1.165, 1.54) is 6.08 Å². The highest BCUT2D eigenvalue weighted by Gasteiger charge is 2.06. The fourth-order valence-electron chi connectivity index (χ4n) is 1.68. The molecule has 2 rings (SSSR count). The van der Waals surface area contributed by atoms with Crippen molar-refractivity contribution in [3.63, 3.8) is 0 Å². The zero-order valence-electron chi connectivity index (χ0n) is 12.5. The van der Waals surface area contributed by atoms with Gasteiger partial charge >= 0.3 is 0 Å². The van der Waals surface area contributed by atoms with Crippen molar-refractivity contribution < 1.29 is 14.3 Å². The van der Waals surface area contributed by atoms with Crippen molar-refractivity contribution in [1.82, 2.24) is 10.9 Å². The topological polar surface area (TPSA) is 67.4 Å². The van der Waals surface area contributed by atoms with E-state index in [1.807, 2.05) is 30.3 Å².